The largest absolute Gasteiger partial charge is 0.493 e. The molecule has 4 nitrogen and oxygen atoms in total. The van der Waals surface area contributed by atoms with Gasteiger partial charge in [0, 0.05) is 17.5 Å². The highest BCUT2D eigenvalue weighted by Gasteiger charge is 2.22. The van der Waals surface area contributed by atoms with Gasteiger partial charge in [0.1, 0.15) is 11.8 Å². The molecule has 1 unspecified atom stereocenters. The number of aliphatic hydroxyl groups is 1. The van der Waals surface area contributed by atoms with Gasteiger partial charge in [0.25, 0.3) is 0 Å². The number of aromatic nitrogens is 2. The van der Waals surface area contributed by atoms with Crippen molar-refractivity contribution in [2.75, 3.05) is 12.9 Å². The van der Waals surface area contributed by atoms with Crippen LogP contribution in [0.15, 0.2) is 6.20 Å². The van der Waals surface area contributed by atoms with E-state index in [1.807, 2.05) is 16.4 Å². The molecular formula is C14H24N2O2S. The van der Waals surface area contributed by atoms with Crippen LogP contribution >= 0.6 is 11.8 Å². The summed E-state index contributed by atoms with van der Waals surface area (Å²) in [5.41, 5.74) is 0.829. The normalized spacial score (nSPS) is 17.8. The first kappa shape index (κ1) is 14.7. The smallest absolute Gasteiger partial charge is 0.162 e. The second kappa shape index (κ2) is 7.20. The summed E-state index contributed by atoms with van der Waals surface area (Å²) in [6.45, 7) is 2.93. The van der Waals surface area contributed by atoms with E-state index in [0.717, 1.165) is 29.7 Å². The maximum atomic E-state index is 10.4. The number of rotatable bonds is 7. The fourth-order valence-corrected chi connectivity index (χ4v) is 3.90. The molecule has 1 aromatic rings. The summed E-state index contributed by atoms with van der Waals surface area (Å²) >= 11 is 1.89. The predicted octanol–water partition coefficient (Wildman–Crippen LogP) is 3.01. The Bertz CT molecular complexity index is 389. The fourth-order valence-electron chi connectivity index (χ4n) is 2.62. The highest BCUT2D eigenvalue weighted by atomic mass is 32.2. The standard InChI is InChI=1S/C14H24N2O2S/c1-3-8-16-14(13(18-2)9-15-16)12(17)10-19-11-6-4-5-7-11/h9,11-12,17H,3-8,10H2,1-2H3. The zero-order valence-corrected chi connectivity index (χ0v) is 12.7. The third-order valence-corrected chi connectivity index (χ3v) is 5.06. The van der Waals surface area contributed by atoms with Crippen LogP contribution in [-0.2, 0) is 6.54 Å². The van der Waals surface area contributed by atoms with Crippen molar-refractivity contribution in [3.05, 3.63) is 11.9 Å². The molecule has 1 fully saturated rings. The topological polar surface area (TPSA) is 47.3 Å². The van der Waals surface area contributed by atoms with E-state index in [9.17, 15) is 5.11 Å². The molecule has 0 radical (unpaired) electrons. The van der Waals surface area contributed by atoms with E-state index in [2.05, 4.69) is 12.0 Å². The molecule has 0 bridgehead atoms. The van der Waals surface area contributed by atoms with Gasteiger partial charge in [-0.25, -0.2) is 0 Å². The van der Waals surface area contributed by atoms with E-state index >= 15 is 0 Å². The molecule has 1 atom stereocenters. The van der Waals surface area contributed by atoms with Crippen LogP contribution in [-0.4, -0.2) is 33.0 Å². The molecule has 19 heavy (non-hydrogen) atoms. The molecule has 1 N–H and O–H groups in total. The molecular weight excluding hydrogens is 260 g/mol. The molecule has 1 saturated carbocycles. The van der Waals surface area contributed by atoms with Crippen LogP contribution in [0.4, 0.5) is 0 Å². The molecule has 1 aromatic heterocycles. The Morgan fingerprint density at radius 3 is 2.89 bits per heavy atom. The zero-order chi connectivity index (χ0) is 13.7. The van der Waals surface area contributed by atoms with Gasteiger partial charge in [-0.2, -0.15) is 16.9 Å². The second-order valence-corrected chi connectivity index (χ2v) is 6.41. The highest BCUT2D eigenvalue weighted by molar-refractivity contribution is 7.99. The maximum absolute atomic E-state index is 10.4. The van der Waals surface area contributed by atoms with Gasteiger partial charge in [0.05, 0.1) is 13.3 Å². The van der Waals surface area contributed by atoms with Gasteiger partial charge in [-0.05, 0) is 19.3 Å². The first-order valence-corrected chi connectivity index (χ1v) is 8.20. The van der Waals surface area contributed by atoms with Crippen LogP contribution in [0, 0.1) is 0 Å². The molecule has 0 aliphatic heterocycles. The van der Waals surface area contributed by atoms with Gasteiger partial charge >= 0.3 is 0 Å². The summed E-state index contributed by atoms with van der Waals surface area (Å²) in [6, 6.07) is 0. The molecule has 0 amide bonds. The van der Waals surface area contributed by atoms with Crippen molar-refractivity contribution in [2.24, 2.45) is 0 Å². The first-order valence-electron chi connectivity index (χ1n) is 7.15. The third kappa shape index (κ3) is 3.66. The molecule has 1 aliphatic rings. The van der Waals surface area contributed by atoms with Gasteiger partial charge in [0.15, 0.2) is 5.75 Å². The number of ether oxygens (including phenoxy) is 1. The summed E-state index contributed by atoms with van der Waals surface area (Å²) in [5, 5.41) is 15.5. The Kier molecular flexibility index (Phi) is 5.58. The van der Waals surface area contributed by atoms with E-state index < -0.39 is 6.10 Å². The Labute approximate surface area is 119 Å². The maximum Gasteiger partial charge on any atom is 0.162 e. The van der Waals surface area contributed by atoms with Gasteiger partial charge in [-0.15, -0.1) is 0 Å². The molecule has 1 heterocycles. The van der Waals surface area contributed by atoms with Crippen molar-refractivity contribution in [3.63, 3.8) is 0 Å². The number of thioether (sulfide) groups is 1. The lowest BCUT2D eigenvalue weighted by atomic mass is 10.2. The van der Waals surface area contributed by atoms with Crippen LogP contribution in [0.3, 0.4) is 0 Å². The SMILES string of the molecule is CCCn1ncc(OC)c1C(O)CSC1CCCC1. The van der Waals surface area contributed by atoms with E-state index in [1.54, 1.807) is 13.3 Å². The number of aryl methyl sites for hydroxylation is 1. The van der Waals surface area contributed by atoms with Crippen LogP contribution < -0.4 is 4.74 Å². The summed E-state index contributed by atoms with van der Waals surface area (Å²) in [4.78, 5) is 0. The van der Waals surface area contributed by atoms with E-state index in [-0.39, 0.29) is 0 Å². The van der Waals surface area contributed by atoms with Crippen molar-refractivity contribution >= 4 is 11.8 Å². The van der Waals surface area contributed by atoms with Crippen molar-refractivity contribution in [2.45, 2.75) is 56.9 Å². The molecule has 108 valence electrons. The van der Waals surface area contributed by atoms with Crippen molar-refractivity contribution < 1.29 is 9.84 Å². The van der Waals surface area contributed by atoms with Crippen molar-refractivity contribution in [1.82, 2.24) is 9.78 Å². The zero-order valence-electron chi connectivity index (χ0n) is 11.8. The highest BCUT2D eigenvalue weighted by Crippen LogP contribution is 2.34. The molecule has 0 saturated heterocycles. The summed E-state index contributed by atoms with van der Waals surface area (Å²) in [5.74, 6) is 1.43. The lowest BCUT2D eigenvalue weighted by Gasteiger charge is -2.16. The minimum Gasteiger partial charge on any atom is -0.493 e. The minimum atomic E-state index is -0.491. The average molecular weight is 284 g/mol. The molecule has 0 aromatic carbocycles. The minimum absolute atomic E-state index is 0.491. The fraction of sp³-hybridized carbons (Fsp3) is 0.786. The van der Waals surface area contributed by atoms with Crippen LogP contribution in [0.1, 0.15) is 50.8 Å². The third-order valence-electron chi connectivity index (χ3n) is 3.61. The number of aliphatic hydroxyl groups excluding tert-OH is 1. The number of nitrogens with zero attached hydrogens (tertiary/aromatic N) is 2. The first-order chi connectivity index (χ1) is 9.26. The van der Waals surface area contributed by atoms with E-state index in [1.165, 1.54) is 25.7 Å². The lowest BCUT2D eigenvalue weighted by Crippen LogP contribution is -2.13. The Morgan fingerprint density at radius 1 is 1.53 bits per heavy atom. The lowest BCUT2D eigenvalue weighted by molar-refractivity contribution is 0.186. The monoisotopic (exact) mass is 284 g/mol. The van der Waals surface area contributed by atoms with Gasteiger partial charge < -0.3 is 9.84 Å². The van der Waals surface area contributed by atoms with Gasteiger partial charge in [-0.1, -0.05) is 19.8 Å². The predicted molar refractivity (Wildman–Crippen MR) is 78.7 cm³/mol. The van der Waals surface area contributed by atoms with Gasteiger partial charge in [-0.3, -0.25) is 4.68 Å². The Morgan fingerprint density at radius 2 is 2.26 bits per heavy atom. The molecule has 0 spiro atoms. The Balaban J connectivity index is 1.99. The molecule has 2 rings (SSSR count). The Hall–Kier alpha value is -0.680. The van der Waals surface area contributed by atoms with Crippen LogP contribution in [0.5, 0.6) is 5.75 Å². The molecule has 1 aliphatic carbocycles. The van der Waals surface area contributed by atoms with Crippen LogP contribution in [0.25, 0.3) is 0 Å². The number of methoxy groups -OCH3 is 1. The van der Waals surface area contributed by atoms with E-state index in [4.69, 9.17) is 4.74 Å². The summed E-state index contributed by atoms with van der Waals surface area (Å²) in [7, 11) is 1.63. The van der Waals surface area contributed by atoms with Crippen molar-refractivity contribution in [3.8, 4) is 5.75 Å². The van der Waals surface area contributed by atoms with Gasteiger partial charge in [0.2, 0.25) is 0 Å². The second-order valence-electron chi connectivity index (χ2n) is 5.08. The van der Waals surface area contributed by atoms with E-state index in [0.29, 0.717) is 5.75 Å². The average Bonchev–Trinajstić information content (AvgIpc) is 3.05. The number of hydrogen-bond acceptors (Lipinski definition) is 4. The quantitative estimate of drug-likeness (QED) is 0.836. The van der Waals surface area contributed by atoms with Crippen LogP contribution in [0.2, 0.25) is 0 Å². The summed E-state index contributed by atoms with van der Waals surface area (Å²) < 4.78 is 7.19. The summed E-state index contributed by atoms with van der Waals surface area (Å²) in [6.07, 6.45) is 7.48. The molecule has 5 heteroatoms. The van der Waals surface area contributed by atoms with Crippen molar-refractivity contribution in [1.29, 1.82) is 0 Å². The number of hydrogen-bond donors (Lipinski definition) is 1.